The van der Waals surface area contributed by atoms with Crippen molar-refractivity contribution in [3.63, 3.8) is 0 Å². The monoisotopic (exact) mass is 229 g/mol. The van der Waals surface area contributed by atoms with Crippen molar-refractivity contribution >= 4 is 6.09 Å². The second kappa shape index (κ2) is 4.24. The number of ether oxygens (including phenoxy) is 1. The third-order valence-corrected chi connectivity index (χ3v) is 3.36. The minimum absolute atomic E-state index is 0.185. The van der Waals surface area contributed by atoms with Gasteiger partial charge in [-0.3, -0.25) is 4.90 Å². The van der Waals surface area contributed by atoms with E-state index in [1.54, 1.807) is 0 Å². The molecule has 1 fully saturated rings. The van der Waals surface area contributed by atoms with Crippen molar-refractivity contribution in [2.24, 2.45) is 0 Å². The third kappa shape index (κ3) is 2.05. The third-order valence-electron chi connectivity index (χ3n) is 3.36. The van der Waals surface area contributed by atoms with Gasteiger partial charge in [0.1, 0.15) is 6.61 Å². The first-order valence-electron chi connectivity index (χ1n) is 6.02. The van der Waals surface area contributed by atoms with Crippen LogP contribution in [0.3, 0.4) is 0 Å². The molecule has 0 aromatic heterocycles. The first-order valence-corrected chi connectivity index (χ1v) is 6.02. The van der Waals surface area contributed by atoms with Crippen LogP contribution in [0, 0.1) is 0 Å². The fourth-order valence-corrected chi connectivity index (χ4v) is 2.38. The second-order valence-electron chi connectivity index (χ2n) is 4.51. The largest absolute Gasteiger partial charge is 0.445 e. The van der Waals surface area contributed by atoms with Gasteiger partial charge < -0.3 is 4.74 Å². The Morgan fingerprint density at radius 1 is 1.35 bits per heavy atom. The van der Waals surface area contributed by atoms with E-state index in [9.17, 15) is 4.79 Å². The lowest BCUT2D eigenvalue weighted by molar-refractivity contribution is 0.121. The fourth-order valence-electron chi connectivity index (χ4n) is 2.38. The first kappa shape index (κ1) is 10.4. The zero-order chi connectivity index (χ0) is 11.7. The van der Waals surface area contributed by atoms with E-state index >= 15 is 0 Å². The minimum Gasteiger partial charge on any atom is -0.445 e. The summed E-state index contributed by atoms with van der Waals surface area (Å²) in [6, 6.07) is 10.5. The lowest BCUT2D eigenvalue weighted by Crippen LogP contribution is -2.15. The van der Waals surface area contributed by atoms with E-state index in [0.29, 0.717) is 18.7 Å². The van der Waals surface area contributed by atoms with Gasteiger partial charge in [-0.1, -0.05) is 42.5 Å². The summed E-state index contributed by atoms with van der Waals surface area (Å²) in [7, 11) is 0. The molecule has 0 saturated carbocycles. The van der Waals surface area contributed by atoms with Gasteiger partial charge in [-0.25, -0.2) is 4.79 Å². The highest BCUT2D eigenvalue weighted by molar-refractivity contribution is 5.73. The molecule has 1 aromatic rings. The van der Waals surface area contributed by atoms with E-state index < -0.39 is 0 Å². The van der Waals surface area contributed by atoms with Crippen LogP contribution in [0.25, 0.3) is 0 Å². The number of hydrogen-bond acceptors (Lipinski definition) is 2. The maximum Gasteiger partial charge on any atom is 0.411 e. The molecule has 1 amide bonds. The van der Waals surface area contributed by atoms with Crippen LogP contribution in [0.5, 0.6) is 0 Å². The fraction of sp³-hybridized carbons (Fsp3) is 0.357. The average molecular weight is 229 g/mol. The van der Waals surface area contributed by atoms with E-state index in [-0.39, 0.29) is 6.09 Å². The van der Waals surface area contributed by atoms with Gasteiger partial charge in [0.05, 0.1) is 12.1 Å². The Hall–Kier alpha value is -1.77. The van der Waals surface area contributed by atoms with E-state index in [4.69, 9.17) is 4.74 Å². The molecule has 0 bridgehead atoms. The number of amides is 1. The number of allylic oxidation sites excluding steroid dienone is 1. The molecule has 0 spiro atoms. The summed E-state index contributed by atoms with van der Waals surface area (Å²) < 4.78 is 5.30. The highest BCUT2D eigenvalue weighted by Gasteiger charge is 2.50. The highest BCUT2D eigenvalue weighted by atomic mass is 16.6. The van der Waals surface area contributed by atoms with Gasteiger partial charge in [-0.2, -0.15) is 0 Å². The Labute approximate surface area is 101 Å². The molecule has 2 unspecified atom stereocenters. The van der Waals surface area contributed by atoms with Gasteiger partial charge in [0, 0.05) is 0 Å². The van der Waals surface area contributed by atoms with Gasteiger partial charge in [-0.15, -0.1) is 0 Å². The van der Waals surface area contributed by atoms with Crippen molar-refractivity contribution in [1.29, 1.82) is 0 Å². The van der Waals surface area contributed by atoms with Crippen LogP contribution in [0.15, 0.2) is 42.5 Å². The van der Waals surface area contributed by atoms with Crippen LogP contribution < -0.4 is 0 Å². The van der Waals surface area contributed by atoms with Gasteiger partial charge in [-0.05, 0) is 18.4 Å². The van der Waals surface area contributed by atoms with E-state index in [0.717, 1.165) is 18.4 Å². The Morgan fingerprint density at radius 2 is 2.18 bits per heavy atom. The van der Waals surface area contributed by atoms with Crippen molar-refractivity contribution in [2.45, 2.75) is 31.5 Å². The summed E-state index contributed by atoms with van der Waals surface area (Å²) in [4.78, 5) is 13.6. The number of carbonyl (C=O) groups excluding carboxylic acids is 1. The Bertz CT molecular complexity index is 441. The molecule has 3 nitrogen and oxygen atoms in total. The molecule has 17 heavy (non-hydrogen) atoms. The van der Waals surface area contributed by atoms with Crippen LogP contribution in [-0.2, 0) is 11.3 Å². The number of benzene rings is 1. The molecule has 2 aliphatic rings. The molecule has 0 N–H and O–H groups in total. The Morgan fingerprint density at radius 3 is 2.88 bits per heavy atom. The molecule has 1 aliphatic heterocycles. The predicted octanol–water partition coefficient (Wildman–Crippen LogP) is 2.73. The van der Waals surface area contributed by atoms with Crippen molar-refractivity contribution in [1.82, 2.24) is 4.90 Å². The number of hydrogen-bond donors (Lipinski definition) is 0. The SMILES string of the molecule is O=C(OCc1ccccc1)N1C2C=CCCC21. The van der Waals surface area contributed by atoms with Gasteiger partial charge in [0.2, 0.25) is 0 Å². The average Bonchev–Trinajstić information content (AvgIpc) is 3.11. The molecular weight excluding hydrogens is 214 g/mol. The molecule has 1 saturated heterocycles. The van der Waals surface area contributed by atoms with Gasteiger partial charge >= 0.3 is 6.09 Å². The van der Waals surface area contributed by atoms with Crippen LogP contribution >= 0.6 is 0 Å². The standard InChI is InChI=1S/C14H15NO2/c16-14(15-12-8-4-5-9-13(12)15)17-10-11-6-2-1-3-7-11/h1-4,6-8,12-13H,5,9-10H2. The minimum atomic E-state index is -0.185. The zero-order valence-electron chi connectivity index (χ0n) is 9.58. The molecule has 88 valence electrons. The maximum absolute atomic E-state index is 11.8. The Balaban J connectivity index is 1.54. The molecule has 2 atom stereocenters. The van der Waals surface area contributed by atoms with E-state index in [1.165, 1.54) is 0 Å². The van der Waals surface area contributed by atoms with Crippen molar-refractivity contribution < 1.29 is 9.53 Å². The predicted molar refractivity (Wildman–Crippen MR) is 64.4 cm³/mol. The van der Waals surface area contributed by atoms with Gasteiger partial charge in [0.15, 0.2) is 0 Å². The number of rotatable bonds is 2. The second-order valence-corrected chi connectivity index (χ2v) is 4.51. The summed E-state index contributed by atoms with van der Waals surface area (Å²) in [6.45, 7) is 0.360. The van der Waals surface area contributed by atoms with Crippen LogP contribution in [0.2, 0.25) is 0 Å². The van der Waals surface area contributed by atoms with Crippen LogP contribution in [-0.4, -0.2) is 23.1 Å². The summed E-state index contributed by atoms with van der Waals surface area (Å²) in [6.07, 6.45) is 6.21. The zero-order valence-corrected chi connectivity index (χ0v) is 9.58. The van der Waals surface area contributed by atoms with Crippen LogP contribution in [0.4, 0.5) is 4.79 Å². The summed E-state index contributed by atoms with van der Waals surface area (Å²) in [5.41, 5.74) is 1.03. The lowest BCUT2D eigenvalue weighted by atomic mass is 10.1. The normalized spacial score (nSPS) is 25.3. The lowest BCUT2D eigenvalue weighted by Gasteiger charge is -2.06. The molecule has 3 rings (SSSR count). The summed E-state index contributed by atoms with van der Waals surface area (Å²) >= 11 is 0. The number of carbonyl (C=O) groups is 1. The molecule has 0 radical (unpaired) electrons. The van der Waals surface area contributed by atoms with Crippen molar-refractivity contribution in [3.8, 4) is 0 Å². The van der Waals surface area contributed by atoms with E-state index in [2.05, 4.69) is 12.2 Å². The smallest absolute Gasteiger partial charge is 0.411 e. The molecule has 1 aromatic carbocycles. The maximum atomic E-state index is 11.8. The van der Waals surface area contributed by atoms with Crippen molar-refractivity contribution in [2.75, 3.05) is 0 Å². The van der Waals surface area contributed by atoms with Gasteiger partial charge in [0.25, 0.3) is 0 Å². The topological polar surface area (TPSA) is 29.3 Å². The summed E-state index contributed by atoms with van der Waals surface area (Å²) in [5.74, 6) is 0. The Kier molecular flexibility index (Phi) is 2.59. The van der Waals surface area contributed by atoms with Crippen LogP contribution in [0.1, 0.15) is 18.4 Å². The highest BCUT2D eigenvalue weighted by Crippen LogP contribution is 2.37. The summed E-state index contributed by atoms with van der Waals surface area (Å²) in [5, 5.41) is 0. The first-order chi connectivity index (χ1) is 8.36. The molecule has 1 aliphatic carbocycles. The number of nitrogens with zero attached hydrogens (tertiary/aromatic N) is 1. The molecule has 1 heterocycles. The van der Waals surface area contributed by atoms with Crippen molar-refractivity contribution in [3.05, 3.63) is 48.0 Å². The van der Waals surface area contributed by atoms with E-state index in [1.807, 2.05) is 35.2 Å². The molecular formula is C14H15NO2. The molecule has 3 heteroatoms. The number of fused-ring (bicyclic) bond motifs is 1. The quantitative estimate of drug-likeness (QED) is 0.576.